The second-order valence-corrected chi connectivity index (χ2v) is 4.75. The zero-order valence-electron chi connectivity index (χ0n) is 8.90. The van der Waals surface area contributed by atoms with Crippen molar-refractivity contribution in [2.75, 3.05) is 0 Å². The van der Waals surface area contributed by atoms with Crippen molar-refractivity contribution in [2.24, 2.45) is 17.8 Å². The average molecular weight is 211 g/mol. The fraction of sp³-hybridized carbons (Fsp3) is 0.818. The highest BCUT2D eigenvalue weighted by Crippen LogP contribution is 2.59. The Bertz CT molecular complexity index is 280. The quantitative estimate of drug-likeness (QED) is 0.729. The molecule has 0 aromatic rings. The summed E-state index contributed by atoms with van der Waals surface area (Å²) in [5.41, 5.74) is 0. The van der Waals surface area contributed by atoms with Crippen LogP contribution in [-0.4, -0.2) is 23.0 Å². The molecule has 2 aliphatic rings. The van der Waals surface area contributed by atoms with Crippen molar-refractivity contribution in [3.05, 3.63) is 0 Å². The summed E-state index contributed by atoms with van der Waals surface area (Å²) >= 11 is 0. The number of hydrogen-bond donors (Lipinski definition) is 2. The van der Waals surface area contributed by atoms with Gasteiger partial charge in [-0.05, 0) is 37.0 Å². The predicted molar refractivity (Wildman–Crippen MR) is 54.2 cm³/mol. The molecule has 1 unspecified atom stereocenters. The first-order chi connectivity index (χ1) is 7.09. The van der Waals surface area contributed by atoms with Crippen molar-refractivity contribution in [2.45, 2.75) is 38.6 Å². The highest BCUT2D eigenvalue weighted by atomic mass is 16.4. The average Bonchev–Trinajstić information content (AvgIpc) is 2.61. The molecule has 2 rings (SSSR count). The molecule has 2 saturated carbocycles. The Morgan fingerprint density at radius 1 is 1.40 bits per heavy atom. The summed E-state index contributed by atoms with van der Waals surface area (Å²) in [4.78, 5) is 21.7. The largest absolute Gasteiger partial charge is 0.480 e. The Morgan fingerprint density at radius 3 is 2.47 bits per heavy atom. The summed E-state index contributed by atoms with van der Waals surface area (Å²) in [5.74, 6) is 0.885. The summed E-state index contributed by atoms with van der Waals surface area (Å²) < 4.78 is 0. The molecule has 3 atom stereocenters. The van der Waals surface area contributed by atoms with Gasteiger partial charge in [0.25, 0.3) is 0 Å². The molecular formula is C11H17NO3. The summed E-state index contributed by atoms with van der Waals surface area (Å²) in [6.07, 6.45) is 4.41. The minimum absolute atomic E-state index is 0.256. The van der Waals surface area contributed by atoms with Crippen LogP contribution in [0.1, 0.15) is 32.6 Å². The predicted octanol–water partition coefficient (Wildman–Crippen LogP) is 1.01. The molecule has 0 spiro atoms. The first-order valence-corrected chi connectivity index (χ1v) is 5.59. The van der Waals surface area contributed by atoms with Crippen LogP contribution in [-0.2, 0) is 9.59 Å². The highest BCUT2D eigenvalue weighted by molar-refractivity contribution is 5.82. The molecule has 4 nitrogen and oxygen atoms in total. The topological polar surface area (TPSA) is 66.4 Å². The van der Waals surface area contributed by atoms with Gasteiger partial charge in [0, 0.05) is 6.92 Å². The number of amides is 1. The molecule has 84 valence electrons. The lowest BCUT2D eigenvalue weighted by molar-refractivity contribution is -0.141. The van der Waals surface area contributed by atoms with Gasteiger partial charge in [0.05, 0.1) is 0 Å². The van der Waals surface area contributed by atoms with Gasteiger partial charge in [-0.25, -0.2) is 4.79 Å². The zero-order chi connectivity index (χ0) is 11.0. The Labute approximate surface area is 89.0 Å². The number of hydrogen-bond acceptors (Lipinski definition) is 2. The van der Waals surface area contributed by atoms with Crippen LogP contribution in [0, 0.1) is 17.8 Å². The highest BCUT2D eigenvalue weighted by Gasteiger charge is 2.53. The van der Waals surface area contributed by atoms with Crippen LogP contribution in [0.25, 0.3) is 0 Å². The number of nitrogens with one attached hydrogen (secondary N) is 1. The third kappa shape index (κ3) is 2.13. The second kappa shape index (κ2) is 3.83. The van der Waals surface area contributed by atoms with Crippen molar-refractivity contribution < 1.29 is 14.7 Å². The van der Waals surface area contributed by atoms with Gasteiger partial charge in [-0.1, -0.05) is 6.42 Å². The minimum atomic E-state index is -0.907. The van der Waals surface area contributed by atoms with Gasteiger partial charge in [0.1, 0.15) is 6.04 Å². The lowest BCUT2D eigenvalue weighted by Gasteiger charge is -2.13. The number of aliphatic carboxylic acids is 1. The molecule has 0 heterocycles. The summed E-state index contributed by atoms with van der Waals surface area (Å²) in [6, 6.07) is -0.682. The SMILES string of the molecule is CC(=O)NC(CC1[C@H]2CCC[C@H]12)C(=O)O. The van der Waals surface area contributed by atoms with Crippen molar-refractivity contribution in [3.63, 3.8) is 0 Å². The molecule has 2 aliphatic carbocycles. The Morgan fingerprint density at radius 2 is 2.00 bits per heavy atom. The smallest absolute Gasteiger partial charge is 0.326 e. The fourth-order valence-electron chi connectivity index (χ4n) is 3.06. The molecule has 0 aromatic heterocycles. The van der Waals surface area contributed by atoms with Gasteiger partial charge in [0.15, 0.2) is 0 Å². The standard InChI is InChI=1S/C11H17NO3/c1-6(13)12-10(11(14)15)5-9-7-3-2-4-8(7)9/h7-10H,2-5H2,1H3,(H,12,13)(H,14,15)/t7-,8-,10?/m0/s1. The van der Waals surface area contributed by atoms with Crippen LogP contribution in [0.15, 0.2) is 0 Å². The molecular weight excluding hydrogens is 194 g/mol. The Kier molecular flexibility index (Phi) is 2.67. The van der Waals surface area contributed by atoms with Crippen LogP contribution < -0.4 is 5.32 Å². The monoisotopic (exact) mass is 211 g/mol. The molecule has 0 aliphatic heterocycles. The van der Waals surface area contributed by atoms with E-state index in [1.807, 2.05) is 0 Å². The number of fused-ring (bicyclic) bond motifs is 1. The first-order valence-electron chi connectivity index (χ1n) is 5.59. The lowest BCUT2D eigenvalue weighted by Crippen LogP contribution is -2.40. The number of rotatable bonds is 4. The molecule has 0 radical (unpaired) electrons. The van der Waals surface area contributed by atoms with Gasteiger partial charge < -0.3 is 10.4 Å². The van der Waals surface area contributed by atoms with Gasteiger partial charge in [-0.2, -0.15) is 0 Å². The van der Waals surface area contributed by atoms with E-state index in [0.29, 0.717) is 12.3 Å². The summed E-state index contributed by atoms with van der Waals surface area (Å²) in [5, 5.41) is 11.4. The molecule has 1 amide bonds. The number of carboxylic acid groups (broad SMARTS) is 1. The van der Waals surface area contributed by atoms with E-state index in [0.717, 1.165) is 11.8 Å². The van der Waals surface area contributed by atoms with Crippen molar-refractivity contribution >= 4 is 11.9 Å². The normalized spacial score (nSPS) is 34.3. The van der Waals surface area contributed by atoms with Crippen LogP contribution >= 0.6 is 0 Å². The van der Waals surface area contributed by atoms with Crippen LogP contribution in [0.2, 0.25) is 0 Å². The van der Waals surface area contributed by atoms with Gasteiger partial charge in [-0.3, -0.25) is 4.79 Å². The van der Waals surface area contributed by atoms with E-state index in [4.69, 9.17) is 5.11 Å². The molecule has 2 fully saturated rings. The number of carbonyl (C=O) groups excluding carboxylic acids is 1. The van der Waals surface area contributed by atoms with E-state index in [1.165, 1.54) is 26.2 Å². The summed E-state index contributed by atoms with van der Waals surface area (Å²) in [7, 11) is 0. The molecule has 15 heavy (non-hydrogen) atoms. The van der Waals surface area contributed by atoms with Crippen molar-refractivity contribution in [1.29, 1.82) is 0 Å². The van der Waals surface area contributed by atoms with E-state index < -0.39 is 12.0 Å². The molecule has 0 bridgehead atoms. The maximum absolute atomic E-state index is 10.9. The number of carbonyl (C=O) groups is 2. The van der Waals surface area contributed by atoms with Gasteiger partial charge in [-0.15, -0.1) is 0 Å². The van der Waals surface area contributed by atoms with E-state index in [9.17, 15) is 9.59 Å². The number of carboxylic acids is 1. The zero-order valence-corrected chi connectivity index (χ0v) is 8.90. The van der Waals surface area contributed by atoms with Gasteiger partial charge in [0.2, 0.25) is 5.91 Å². The fourth-order valence-corrected chi connectivity index (χ4v) is 3.06. The van der Waals surface area contributed by atoms with E-state index in [2.05, 4.69) is 5.32 Å². The van der Waals surface area contributed by atoms with E-state index in [1.54, 1.807) is 0 Å². The lowest BCUT2D eigenvalue weighted by atomic mass is 10.0. The Hall–Kier alpha value is -1.06. The third-order valence-electron chi connectivity index (χ3n) is 3.77. The van der Waals surface area contributed by atoms with Gasteiger partial charge >= 0.3 is 5.97 Å². The van der Waals surface area contributed by atoms with Crippen LogP contribution in [0.3, 0.4) is 0 Å². The maximum Gasteiger partial charge on any atom is 0.326 e. The second-order valence-electron chi connectivity index (χ2n) is 4.75. The molecule has 0 saturated heterocycles. The minimum Gasteiger partial charge on any atom is -0.480 e. The Balaban J connectivity index is 1.85. The summed E-state index contributed by atoms with van der Waals surface area (Å²) in [6.45, 7) is 1.36. The van der Waals surface area contributed by atoms with Crippen LogP contribution in [0.4, 0.5) is 0 Å². The maximum atomic E-state index is 10.9. The third-order valence-corrected chi connectivity index (χ3v) is 3.77. The molecule has 2 N–H and O–H groups in total. The van der Waals surface area contributed by atoms with E-state index in [-0.39, 0.29) is 5.91 Å². The first kappa shape index (κ1) is 10.5. The van der Waals surface area contributed by atoms with Crippen LogP contribution in [0.5, 0.6) is 0 Å². The van der Waals surface area contributed by atoms with Crippen molar-refractivity contribution in [1.82, 2.24) is 5.32 Å². The van der Waals surface area contributed by atoms with Crippen molar-refractivity contribution in [3.8, 4) is 0 Å². The molecule has 4 heteroatoms. The van der Waals surface area contributed by atoms with E-state index >= 15 is 0 Å². The molecule has 0 aromatic carbocycles.